The molecule has 1 amide bonds. The number of nitrogens with zero attached hydrogens (tertiary/aromatic N) is 2. The molecule has 26 heavy (non-hydrogen) atoms. The van der Waals surface area contributed by atoms with Gasteiger partial charge in [-0.15, -0.1) is 10.2 Å². The predicted octanol–water partition coefficient (Wildman–Crippen LogP) is 4.37. The van der Waals surface area contributed by atoms with E-state index in [1.54, 1.807) is 0 Å². The lowest BCUT2D eigenvalue weighted by Crippen LogP contribution is -2.18. The van der Waals surface area contributed by atoms with Gasteiger partial charge in [-0.1, -0.05) is 47.0 Å². The van der Waals surface area contributed by atoms with E-state index in [0.29, 0.717) is 5.69 Å². The van der Waals surface area contributed by atoms with Gasteiger partial charge in [0.05, 0.1) is 11.2 Å². The van der Waals surface area contributed by atoms with E-state index in [1.807, 2.05) is 42.5 Å². The molecule has 2 aromatic carbocycles. The maximum Gasteiger partial charge on any atom is 0.271 e. The monoisotopic (exact) mass is 410 g/mol. The minimum atomic E-state index is -0.565. The summed E-state index contributed by atoms with van der Waals surface area (Å²) in [5.74, 6) is 0.245. The van der Waals surface area contributed by atoms with Gasteiger partial charge in [0, 0.05) is 16.4 Å². The van der Waals surface area contributed by atoms with Gasteiger partial charge in [0.2, 0.25) is 0 Å². The highest BCUT2D eigenvalue weighted by atomic mass is 79.9. The molecule has 1 heterocycles. The van der Waals surface area contributed by atoms with Gasteiger partial charge < -0.3 is 11.1 Å². The number of benzene rings is 2. The third-order valence-corrected chi connectivity index (χ3v) is 5.25. The zero-order valence-corrected chi connectivity index (χ0v) is 15.8. The number of nitrogens with two attached hydrogens (primary N) is 1. The smallest absolute Gasteiger partial charge is 0.271 e. The zero-order valence-electron chi connectivity index (χ0n) is 14.2. The standard InChI is InChI=1S/C20H19BrN4O/c21-15-6-3-13(4-7-15)14-5-8-16-17(11-14)24-25-19(20(22)26)18(16)23-10-9-12-1-2-12/h3-8,11-12H,1-2,9-10H2,(H2,22,26)(H,23,24). The van der Waals surface area contributed by atoms with Crippen molar-refractivity contribution in [3.05, 3.63) is 52.6 Å². The number of anilines is 1. The van der Waals surface area contributed by atoms with Gasteiger partial charge in [0.25, 0.3) is 5.91 Å². The fourth-order valence-corrected chi connectivity index (χ4v) is 3.35. The first-order valence-corrected chi connectivity index (χ1v) is 9.51. The van der Waals surface area contributed by atoms with Crippen LogP contribution >= 0.6 is 15.9 Å². The molecular formula is C20H19BrN4O. The molecule has 0 saturated heterocycles. The highest BCUT2D eigenvalue weighted by Gasteiger charge is 2.21. The van der Waals surface area contributed by atoms with E-state index < -0.39 is 5.91 Å². The molecule has 6 heteroatoms. The normalized spacial score (nSPS) is 13.7. The molecule has 0 unspecified atom stereocenters. The lowest BCUT2D eigenvalue weighted by atomic mass is 10.0. The molecule has 0 aliphatic heterocycles. The molecule has 1 aliphatic rings. The largest absolute Gasteiger partial charge is 0.383 e. The van der Waals surface area contributed by atoms with E-state index in [4.69, 9.17) is 5.73 Å². The van der Waals surface area contributed by atoms with Crippen LogP contribution in [-0.4, -0.2) is 22.6 Å². The molecule has 3 aromatic rings. The second-order valence-electron chi connectivity index (χ2n) is 6.69. The number of carbonyl (C=O) groups excluding carboxylic acids is 1. The number of aromatic nitrogens is 2. The minimum absolute atomic E-state index is 0.199. The van der Waals surface area contributed by atoms with Crippen molar-refractivity contribution in [3.8, 4) is 11.1 Å². The van der Waals surface area contributed by atoms with Crippen LogP contribution in [0.4, 0.5) is 5.69 Å². The van der Waals surface area contributed by atoms with E-state index in [1.165, 1.54) is 12.8 Å². The Morgan fingerprint density at radius 3 is 2.54 bits per heavy atom. The van der Waals surface area contributed by atoms with E-state index in [0.717, 1.165) is 45.4 Å². The van der Waals surface area contributed by atoms with Crippen molar-refractivity contribution in [1.82, 2.24) is 10.2 Å². The summed E-state index contributed by atoms with van der Waals surface area (Å²) in [5.41, 5.74) is 9.27. The second kappa shape index (κ2) is 7.03. The summed E-state index contributed by atoms with van der Waals surface area (Å²) in [6.07, 6.45) is 3.70. The van der Waals surface area contributed by atoms with Crippen LogP contribution in [0.2, 0.25) is 0 Å². The molecule has 3 N–H and O–H groups in total. The van der Waals surface area contributed by atoms with Gasteiger partial charge in [0.1, 0.15) is 0 Å². The van der Waals surface area contributed by atoms with Crippen LogP contribution in [0.1, 0.15) is 29.8 Å². The summed E-state index contributed by atoms with van der Waals surface area (Å²) in [4.78, 5) is 11.8. The first kappa shape index (κ1) is 17.0. The van der Waals surface area contributed by atoms with Gasteiger partial charge in [-0.05, 0) is 47.7 Å². The van der Waals surface area contributed by atoms with Crippen LogP contribution in [0.15, 0.2) is 46.9 Å². The molecule has 1 aromatic heterocycles. The van der Waals surface area contributed by atoms with Crippen LogP contribution in [0.25, 0.3) is 22.0 Å². The molecule has 1 fully saturated rings. The quantitative estimate of drug-likeness (QED) is 0.631. The van der Waals surface area contributed by atoms with E-state index in [-0.39, 0.29) is 5.69 Å². The maximum absolute atomic E-state index is 11.8. The van der Waals surface area contributed by atoms with Crippen molar-refractivity contribution in [1.29, 1.82) is 0 Å². The molecule has 1 aliphatic carbocycles. The molecule has 132 valence electrons. The van der Waals surface area contributed by atoms with Crippen LogP contribution in [0.3, 0.4) is 0 Å². The molecule has 0 spiro atoms. The third kappa shape index (κ3) is 3.55. The molecule has 0 atom stereocenters. The number of nitrogens with one attached hydrogen (secondary N) is 1. The van der Waals surface area contributed by atoms with Crippen molar-refractivity contribution < 1.29 is 4.79 Å². The Labute approximate surface area is 160 Å². The molecule has 4 rings (SSSR count). The van der Waals surface area contributed by atoms with Crippen molar-refractivity contribution >= 4 is 38.4 Å². The Bertz CT molecular complexity index is 967. The van der Waals surface area contributed by atoms with Crippen LogP contribution in [-0.2, 0) is 0 Å². The Kier molecular flexibility index (Phi) is 4.59. The topological polar surface area (TPSA) is 80.9 Å². The molecule has 0 radical (unpaired) electrons. The SMILES string of the molecule is NC(=O)c1nnc2cc(-c3ccc(Br)cc3)ccc2c1NCCC1CC1. The summed E-state index contributed by atoms with van der Waals surface area (Å²) in [7, 11) is 0. The fraction of sp³-hybridized carbons (Fsp3) is 0.250. The minimum Gasteiger partial charge on any atom is -0.383 e. The summed E-state index contributed by atoms with van der Waals surface area (Å²) in [6.45, 7) is 0.806. The fourth-order valence-electron chi connectivity index (χ4n) is 3.09. The maximum atomic E-state index is 11.8. The molecule has 1 saturated carbocycles. The predicted molar refractivity (Wildman–Crippen MR) is 107 cm³/mol. The first-order chi connectivity index (χ1) is 12.6. The van der Waals surface area contributed by atoms with Gasteiger partial charge in [-0.25, -0.2) is 0 Å². The third-order valence-electron chi connectivity index (χ3n) is 4.72. The Morgan fingerprint density at radius 1 is 1.12 bits per heavy atom. The highest BCUT2D eigenvalue weighted by Crippen LogP contribution is 2.33. The van der Waals surface area contributed by atoms with Crippen molar-refractivity contribution in [2.75, 3.05) is 11.9 Å². The number of hydrogen-bond donors (Lipinski definition) is 2. The summed E-state index contributed by atoms with van der Waals surface area (Å²) < 4.78 is 1.04. The Balaban J connectivity index is 1.72. The Morgan fingerprint density at radius 2 is 1.85 bits per heavy atom. The van der Waals surface area contributed by atoms with Gasteiger partial charge in [-0.2, -0.15) is 0 Å². The van der Waals surface area contributed by atoms with Gasteiger partial charge in [0.15, 0.2) is 5.69 Å². The zero-order chi connectivity index (χ0) is 18.1. The van der Waals surface area contributed by atoms with Crippen molar-refractivity contribution in [2.24, 2.45) is 11.7 Å². The number of rotatable bonds is 6. The molecule has 0 bridgehead atoms. The number of carbonyl (C=O) groups is 1. The first-order valence-electron chi connectivity index (χ1n) is 8.72. The summed E-state index contributed by atoms with van der Waals surface area (Å²) >= 11 is 3.45. The lowest BCUT2D eigenvalue weighted by molar-refractivity contribution is 0.0995. The van der Waals surface area contributed by atoms with Crippen molar-refractivity contribution in [3.63, 3.8) is 0 Å². The van der Waals surface area contributed by atoms with Crippen LogP contribution in [0.5, 0.6) is 0 Å². The number of primary amides is 1. The average molecular weight is 411 g/mol. The summed E-state index contributed by atoms with van der Waals surface area (Å²) in [5, 5.41) is 12.5. The van der Waals surface area contributed by atoms with E-state index in [2.05, 4.69) is 31.4 Å². The lowest BCUT2D eigenvalue weighted by Gasteiger charge is -2.12. The van der Waals surface area contributed by atoms with Gasteiger partial charge >= 0.3 is 0 Å². The van der Waals surface area contributed by atoms with Crippen LogP contribution < -0.4 is 11.1 Å². The highest BCUT2D eigenvalue weighted by molar-refractivity contribution is 9.10. The number of fused-ring (bicyclic) bond motifs is 1. The number of amides is 1. The second-order valence-corrected chi connectivity index (χ2v) is 7.60. The molecule has 5 nitrogen and oxygen atoms in total. The average Bonchev–Trinajstić information content (AvgIpc) is 3.46. The van der Waals surface area contributed by atoms with E-state index in [9.17, 15) is 4.79 Å². The van der Waals surface area contributed by atoms with Gasteiger partial charge in [-0.3, -0.25) is 4.79 Å². The number of hydrogen-bond acceptors (Lipinski definition) is 4. The van der Waals surface area contributed by atoms with E-state index >= 15 is 0 Å². The summed E-state index contributed by atoms with van der Waals surface area (Å²) in [6, 6.07) is 14.1. The number of halogens is 1. The van der Waals surface area contributed by atoms with Crippen molar-refractivity contribution in [2.45, 2.75) is 19.3 Å². The Hall–Kier alpha value is -2.47. The van der Waals surface area contributed by atoms with Crippen LogP contribution in [0, 0.1) is 5.92 Å². The molecular weight excluding hydrogens is 392 g/mol.